The number of rotatable bonds is 3. The van der Waals surface area contributed by atoms with E-state index in [0.29, 0.717) is 24.5 Å². The standard InChI is InChI=1S/C12H25FN2/c1-9(2)14-11-5-6-12(13)15(8-7-11)10(3)4/h9-12,14H,5-8H2,1-4H3. The van der Waals surface area contributed by atoms with Gasteiger partial charge in [0, 0.05) is 24.7 Å². The van der Waals surface area contributed by atoms with Crippen LogP contribution in [0.1, 0.15) is 47.0 Å². The zero-order valence-electron chi connectivity index (χ0n) is 10.5. The van der Waals surface area contributed by atoms with E-state index in [0.717, 1.165) is 19.4 Å². The summed E-state index contributed by atoms with van der Waals surface area (Å²) in [7, 11) is 0. The van der Waals surface area contributed by atoms with Gasteiger partial charge in [0.05, 0.1) is 0 Å². The molecule has 0 saturated carbocycles. The first-order chi connectivity index (χ1) is 7.00. The molecule has 90 valence electrons. The van der Waals surface area contributed by atoms with Crippen molar-refractivity contribution in [3.05, 3.63) is 0 Å². The fourth-order valence-corrected chi connectivity index (χ4v) is 2.31. The molecule has 2 nitrogen and oxygen atoms in total. The van der Waals surface area contributed by atoms with Crippen LogP contribution in [-0.2, 0) is 0 Å². The molecule has 3 heteroatoms. The third-order valence-corrected chi connectivity index (χ3v) is 3.08. The van der Waals surface area contributed by atoms with Crippen molar-refractivity contribution in [2.45, 2.75) is 71.4 Å². The van der Waals surface area contributed by atoms with Crippen LogP contribution in [0.3, 0.4) is 0 Å². The highest BCUT2D eigenvalue weighted by Crippen LogP contribution is 2.20. The second-order valence-electron chi connectivity index (χ2n) is 5.15. The molecule has 0 aliphatic carbocycles. The number of halogens is 1. The van der Waals surface area contributed by atoms with Crippen molar-refractivity contribution < 1.29 is 4.39 Å². The van der Waals surface area contributed by atoms with E-state index in [4.69, 9.17) is 0 Å². The molecule has 1 fully saturated rings. The SMILES string of the molecule is CC(C)NC1CCC(F)N(C(C)C)CC1. The van der Waals surface area contributed by atoms with Crippen molar-refractivity contribution >= 4 is 0 Å². The number of likely N-dealkylation sites (tertiary alicyclic amines) is 1. The van der Waals surface area contributed by atoms with Gasteiger partial charge in [-0.15, -0.1) is 0 Å². The number of hydrogen-bond acceptors (Lipinski definition) is 2. The summed E-state index contributed by atoms with van der Waals surface area (Å²) in [6, 6.07) is 1.31. The van der Waals surface area contributed by atoms with E-state index >= 15 is 0 Å². The van der Waals surface area contributed by atoms with Crippen molar-refractivity contribution in [3.8, 4) is 0 Å². The Balaban J connectivity index is 2.46. The van der Waals surface area contributed by atoms with E-state index in [1.165, 1.54) is 0 Å². The highest BCUT2D eigenvalue weighted by atomic mass is 19.1. The quantitative estimate of drug-likeness (QED) is 0.729. The summed E-state index contributed by atoms with van der Waals surface area (Å²) in [5, 5.41) is 3.51. The number of nitrogens with zero attached hydrogens (tertiary/aromatic N) is 1. The van der Waals surface area contributed by atoms with Crippen LogP contribution in [0.4, 0.5) is 4.39 Å². The van der Waals surface area contributed by atoms with Gasteiger partial charge in [-0.05, 0) is 33.1 Å². The van der Waals surface area contributed by atoms with E-state index in [1.807, 2.05) is 4.90 Å². The third-order valence-electron chi connectivity index (χ3n) is 3.08. The molecule has 0 aromatic carbocycles. The number of hydrogen-bond donors (Lipinski definition) is 1. The lowest BCUT2D eigenvalue weighted by molar-refractivity contribution is 0.0563. The van der Waals surface area contributed by atoms with Crippen molar-refractivity contribution in [2.24, 2.45) is 0 Å². The van der Waals surface area contributed by atoms with Crippen LogP contribution in [-0.4, -0.2) is 35.9 Å². The van der Waals surface area contributed by atoms with Crippen LogP contribution in [0.2, 0.25) is 0 Å². The lowest BCUT2D eigenvalue weighted by Gasteiger charge is -2.27. The minimum atomic E-state index is -0.746. The molecular formula is C12H25FN2. The summed E-state index contributed by atoms with van der Waals surface area (Å²) in [5.41, 5.74) is 0. The highest BCUT2D eigenvalue weighted by Gasteiger charge is 2.26. The Morgan fingerprint density at radius 3 is 2.33 bits per heavy atom. The topological polar surface area (TPSA) is 15.3 Å². The smallest absolute Gasteiger partial charge is 0.153 e. The third kappa shape index (κ3) is 4.07. The fraction of sp³-hybridized carbons (Fsp3) is 1.00. The highest BCUT2D eigenvalue weighted by molar-refractivity contribution is 4.79. The Labute approximate surface area is 93.2 Å². The molecule has 1 saturated heterocycles. The summed E-state index contributed by atoms with van der Waals surface area (Å²) in [6.07, 6.45) is 1.95. The lowest BCUT2D eigenvalue weighted by Crippen LogP contribution is -2.38. The number of alkyl halides is 1. The van der Waals surface area contributed by atoms with Gasteiger partial charge < -0.3 is 5.32 Å². The second-order valence-corrected chi connectivity index (χ2v) is 5.15. The van der Waals surface area contributed by atoms with E-state index in [-0.39, 0.29) is 0 Å². The maximum atomic E-state index is 13.8. The molecule has 0 amide bonds. The zero-order valence-corrected chi connectivity index (χ0v) is 10.5. The first kappa shape index (κ1) is 12.9. The van der Waals surface area contributed by atoms with Crippen molar-refractivity contribution in [3.63, 3.8) is 0 Å². The second kappa shape index (κ2) is 5.80. The molecular weight excluding hydrogens is 191 g/mol. The maximum absolute atomic E-state index is 13.8. The Morgan fingerprint density at radius 1 is 1.13 bits per heavy atom. The minimum absolute atomic E-state index is 0.317. The van der Waals surface area contributed by atoms with Gasteiger partial charge in [0.25, 0.3) is 0 Å². The summed E-state index contributed by atoms with van der Waals surface area (Å²) in [5.74, 6) is 0. The van der Waals surface area contributed by atoms with E-state index in [1.54, 1.807) is 0 Å². The number of nitrogens with one attached hydrogen (secondary N) is 1. The van der Waals surface area contributed by atoms with Gasteiger partial charge in [0.1, 0.15) is 0 Å². The maximum Gasteiger partial charge on any atom is 0.153 e. The minimum Gasteiger partial charge on any atom is -0.312 e. The van der Waals surface area contributed by atoms with Gasteiger partial charge in [-0.1, -0.05) is 13.8 Å². The van der Waals surface area contributed by atoms with Crippen molar-refractivity contribution in [2.75, 3.05) is 6.54 Å². The first-order valence-corrected chi connectivity index (χ1v) is 6.16. The first-order valence-electron chi connectivity index (χ1n) is 6.16. The normalized spacial score (nSPS) is 29.8. The average molecular weight is 216 g/mol. The van der Waals surface area contributed by atoms with E-state index in [2.05, 4.69) is 33.0 Å². The van der Waals surface area contributed by atoms with Gasteiger partial charge in [-0.3, -0.25) is 4.90 Å². The summed E-state index contributed by atoms with van der Waals surface area (Å²) < 4.78 is 13.8. The van der Waals surface area contributed by atoms with Crippen LogP contribution in [0.15, 0.2) is 0 Å². The largest absolute Gasteiger partial charge is 0.312 e. The molecule has 0 aromatic heterocycles. The molecule has 0 spiro atoms. The van der Waals surface area contributed by atoms with Crippen molar-refractivity contribution in [1.82, 2.24) is 10.2 Å². The lowest BCUT2D eigenvalue weighted by atomic mass is 10.1. The van der Waals surface area contributed by atoms with Crippen LogP contribution in [0, 0.1) is 0 Å². The Hall–Kier alpha value is -0.150. The zero-order chi connectivity index (χ0) is 11.4. The van der Waals surface area contributed by atoms with Crippen LogP contribution < -0.4 is 5.32 Å². The van der Waals surface area contributed by atoms with Crippen LogP contribution >= 0.6 is 0 Å². The fourth-order valence-electron chi connectivity index (χ4n) is 2.31. The van der Waals surface area contributed by atoms with Crippen LogP contribution in [0.25, 0.3) is 0 Å². The molecule has 0 bridgehead atoms. The molecule has 2 unspecified atom stereocenters. The molecule has 1 aliphatic heterocycles. The van der Waals surface area contributed by atoms with Gasteiger partial charge >= 0.3 is 0 Å². The monoisotopic (exact) mass is 216 g/mol. The summed E-state index contributed by atoms with van der Waals surface area (Å²) >= 11 is 0. The predicted octanol–water partition coefficient (Wildman–Crippen LogP) is 2.54. The van der Waals surface area contributed by atoms with Gasteiger partial charge in [-0.2, -0.15) is 0 Å². The molecule has 2 atom stereocenters. The molecule has 15 heavy (non-hydrogen) atoms. The van der Waals surface area contributed by atoms with Crippen LogP contribution in [0.5, 0.6) is 0 Å². The van der Waals surface area contributed by atoms with Crippen molar-refractivity contribution in [1.29, 1.82) is 0 Å². The Bertz CT molecular complexity index is 182. The molecule has 1 heterocycles. The van der Waals surface area contributed by atoms with Gasteiger partial charge in [0.2, 0.25) is 0 Å². The van der Waals surface area contributed by atoms with Gasteiger partial charge in [-0.25, -0.2) is 4.39 Å². The molecule has 1 rings (SSSR count). The predicted molar refractivity (Wildman–Crippen MR) is 62.6 cm³/mol. The van der Waals surface area contributed by atoms with E-state index < -0.39 is 6.30 Å². The molecule has 0 aromatic rings. The van der Waals surface area contributed by atoms with Gasteiger partial charge in [0.15, 0.2) is 6.30 Å². The average Bonchev–Trinajstić information content (AvgIpc) is 2.28. The summed E-state index contributed by atoms with van der Waals surface area (Å²) in [6.45, 7) is 9.32. The Kier molecular flexibility index (Phi) is 5.00. The molecule has 1 aliphatic rings. The Morgan fingerprint density at radius 2 is 1.80 bits per heavy atom. The molecule has 0 radical (unpaired) electrons. The summed E-state index contributed by atoms with van der Waals surface area (Å²) in [4.78, 5) is 1.97. The molecule has 1 N–H and O–H groups in total. The van der Waals surface area contributed by atoms with E-state index in [9.17, 15) is 4.39 Å².